The average molecular weight is 240 g/mol. The van der Waals surface area contributed by atoms with Crippen molar-refractivity contribution in [2.75, 3.05) is 13.2 Å². The molecule has 2 atom stereocenters. The van der Waals surface area contributed by atoms with Crippen LogP contribution in [0.3, 0.4) is 0 Å². The Kier molecular flexibility index (Phi) is 6.41. The van der Waals surface area contributed by atoms with E-state index in [-0.39, 0.29) is 17.5 Å². The maximum Gasteiger partial charge on any atom is 0.145 e. The summed E-state index contributed by atoms with van der Waals surface area (Å²) in [6.07, 6.45) is 5.01. The van der Waals surface area contributed by atoms with E-state index in [9.17, 15) is 9.59 Å². The van der Waals surface area contributed by atoms with Crippen molar-refractivity contribution in [2.24, 2.45) is 11.8 Å². The quantitative estimate of drug-likeness (QED) is 0.507. The fraction of sp³-hybridized carbons (Fsp3) is 0.857. The molecule has 0 aromatic heterocycles. The fourth-order valence-corrected chi connectivity index (χ4v) is 2.58. The van der Waals surface area contributed by atoms with E-state index in [4.69, 9.17) is 4.74 Å². The van der Waals surface area contributed by atoms with Crippen molar-refractivity contribution in [2.45, 2.75) is 52.4 Å². The lowest BCUT2D eigenvalue weighted by Crippen LogP contribution is -2.31. The van der Waals surface area contributed by atoms with Gasteiger partial charge in [-0.2, -0.15) is 0 Å². The SMILES string of the molecule is CCCC1CCC(=O)C(C(=O)CCOCC)C1. The van der Waals surface area contributed by atoms with Gasteiger partial charge in [-0.25, -0.2) is 0 Å². The Hall–Kier alpha value is -0.700. The lowest BCUT2D eigenvalue weighted by atomic mass is 9.76. The van der Waals surface area contributed by atoms with Gasteiger partial charge in [0.05, 0.1) is 12.5 Å². The minimum absolute atomic E-state index is 0.0873. The molecule has 0 radical (unpaired) electrons. The first kappa shape index (κ1) is 14.4. The van der Waals surface area contributed by atoms with Crippen molar-refractivity contribution in [3.63, 3.8) is 0 Å². The molecule has 0 spiro atoms. The minimum Gasteiger partial charge on any atom is -0.381 e. The second kappa shape index (κ2) is 7.59. The first-order valence-electron chi connectivity index (χ1n) is 6.82. The van der Waals surface area contributed by atoms with Gasteiger partial charge < -0.3 is 4.74 Å². The third kappa shape index (κ3) is 4.58. The van der Waals surface area contributed by atoms with Crippen LogP contribution in [0.2, 0.25) is 0 Å². The van der Waals surface area contributed by atoms with Crippen molar-refractivity contribution in [3.05, 3.63) is 0 Å². The van der Waals surface area contributed by atoms with Crippen LogP contribution >= 0.6 is 0 Å². The predicted octanol–water partition coefficient (Wildman–Crippen LogP) is 2.77. The molecule has 3 nitrogen and oxygen atoms in total. The van der Waals surface area contributed by atoms with Crippen LogP contribution in [0.15, 0.2) is 0 Å². The maximum absolute atomic E-state index is 11.9. The van der Waals surface area contributed by atoms with Gasteiger partial charge >= 0.3 is 0 Å². The van der Waals surface area contributed by atoms with Crippen molar-refractivity contribution >= 4 is 11.6 Å². The van der Waals surface area contributed by atoms with E-state index in [1.807, 2.05) is 6.92 Å². The summed E-state index contributed by atoms with van der Waals surface area (Å²) in [5, 5.41) is 0. The van der Waals surface area contributed by atoms with Gasteiger partial charge in [0.25, 0.3) is 0 Å². The second-order valence-corrected chi connectivity index (χ2v) is 4.86. The molecular weight excluding hydrogens is 216 g/mol. The van der Waals surface area contributed by atoms with Crippen LogP contribution in [-0.2, 0) is 14.3 Å². The topological polar surface area (TPSA) is 43.4 Å². The number of hydrogen-bond donors (Lipinski definition) is 0. The number of ether oxygens (including phenoxy) is 1. The zero-order chi connectivity index (χ0) is 12.7. The number of carbonyl (C=O) groups excluding carboxylic acids is 2. The van der Waals surface area contributed by atoms with Gasteiger partial charge in [-0.15, -0.1) is 0 Å². The molecule has 98 valence electrons. The molecule has 0 N–H and O–H groups in total. The Morgan fingerprint density at radius 1 is 1.41 bits per heavy atom. The van der Waals surface area contributed by atoms with Gasteiger partial charge in [-0.3, -0.25) is 9.59 Å². The van der Waals surface area contributed by atoms with Gasteiger partial charge in [-0.05, 0) is 25.7 Å². The molecule has 0 aromatic rings. The van der Waals surface area contributed by atoms with Crippen molar-refractivity contribution in [1.29, 1.82) is 0 Å². The van der Waals surface area contributed by atoms with E-state index >= 15 is 0 Å². The molecule has 1 fully saturated rings. The number of hydrogen-bond acceptors (Lipinski definition) is 3. The summed E-state index contributed by atoms with van der Waals surface area (Å²) in [4.78, 5) is 23.7. The first-order chi connectivity index (χ1) is 8.19. The highest BCUT2D eigenvalue weighted by Crippen LogP contribution is 2.30. The summed E-state index contributed by atoms with van der Waals surface area (Å²) in [7, 11) is 0. The van der Waals surface area contributed by atoms with Gasteiger partial charge in [0.1, 0.15) is 11.6 Å². The van der Waals surface area contributed by atoms with Crippen LogP contribution in [0.25, 0.3) is 0 Å². The van der Waals surface area contributed by atoms with Crippen molar-refractivity contribution < 1.29 is 14.3 Å². The van der Waals surface area contributed by atoms with Crippen LogP contribution < -0.4 is 0 Å². The second-order valence-electron chi connectivity index (χ2n) is 4.86. The average Bonchev–Trinajstić information content (AvgIpc) is 2.32. The highest BCUT2D eigenvalue weighted by molar-refractivity contribution is 6.02. The molecule has 2 unspecified atom stereocenters. The van der Waals surface area contributed by atoms with Gasteiger partial charge in [-0.1, -0.05) is 19.8 Å². The molecule has 0 heterocycles. The van der Waals surface area contributed by atoms with E-state index in [0.29, 0.717) is 32.0 Å². The Bertz CT molecular complexity index is 260. The summed E-state index contributed by atoms with van der Waals surface area (Å²) in [6, 6.07) is 0. The van der Waals surface area contributed by atoms with E-state index in [0.717, 1.165) is 25.7 Å². The van der Waals surface area contributed by atoms with Crippen molar-refractivity contribution in [3.8, 4) is 0 Å². The molecular formula is C14H24O3. The predicted molar refractivity (Wildman–Crippen MR) is 66.9 cm³/mol. The minimum atomic E-state index is -0.333. The molecule has 0 bridgehead atoms. The summed E-state index contributed by atoms with van der Waals surface area (Å²) in [5.41, 5.74) is 0. The number of Topliss-reactive ketones (excluding diaryl/α,β-unsaturated/α-hetero) is 2. The molecule has 0 aromatic carbocycles. The Morgan fingerprint density at radius 2 is 2.18 bits per heavy atom. The van der Waals surface area contributed by atoms with Gasteiger partial charge in [0.15, 0.2) is 0 Å². The van der Waals surface area contributed by atoms with E-state index in [1.165, 1.54) is 0 Å². The largest absolute Gasteiger partial charge is 0.381 e. The Labute approximate surface area is 104 Å². The molecule has 1 saturated carbocycles. The summed E-state index contributed by atoms with van der Waals surface area (Å²) in [5.74, 6) is 0.475. The maximum atomic E-state index is 11.9. The number of carbonyl (C=O) groups is 2. The van der Waals surface area contributed by atoms with Gasteiger partial charge in [0, 0.05) is 19.4 Å². The number of rotatable bonds is 7. The normalized spacial score (nSPS) is 24.9. The third-order valence-corrected chi connectivity index (χ3v) is 3.54. The molecule has 17 heavy (non-hydrogen) atoms. The van der Waals surface area contributed by atoms with E-state index in [1.54, 1.807) is 0 Å². The lowest BCUT2D eigenvalue weighted by Gasteiger charge is -2.27. The van der Waals surface area contributed by atoms with Crippen LogP contribution in [0.1, 0.15) is 52.4 Å². The smallest absolute Gasteiger partial charge is 0.145 e. The summed E-state index contributed by atoms with van der Waals surface area (Å²) in [6.45, 7) is 5.15. The summed E-state index contributed by atoms with van der Waals surface area (Å²) >= 11 is 0. The van der Waals surface area contributed by atoms with Crippen LogP contribution in [-0.4, -0.2) is 24.8 Å². The zero-order valence-corrected chi connectivity index (χ0v) is 11.0. The molecule has 0 amide bonds. The van der Waals surface area contributed by atoms with E-state index in [2.05, 4.69) is 6.92 Å². The monoisotopic (exact) mass is 240 g/mol. The zero-order valence-electron chi connectivity index (χ0n) is 11.0. The lowest BCUT2D eigenvalue weighted by molar-refractivity contribution is -0.136. The number of ketones is 2. The molecule has 0 aliphatic heterocycles. The fourth-order valence-electron chi connectivity index (χ4n) is 2.58. The summed E-state index contributed by atoms with van der Waals surface area (Å²) < 4.78 is 5.17. The van der Waals surface area contributed by atoms with Crippen LogP contribution in [0, 0.1) is 11.8 Å². The van der Waals surface area contributed by atoms with Crippen LogP contribution in [0.5, 0.6) is 0 Å². The van der Waals surface area contributed by atoms with E-state index < -0.39 is 0 Å². The first-order valence-corrected chi connectivity index (χ1v) is 6.82. The standard InChI is InChI=1S/C14H24O3/c1-3-5-11-6-7-13(15)12(10-11)14(16)8-9-17-4-2/h11-12H,3-10H2,1-2H3. The van der Waals surface area contributed by atoms with Crippen LogP contribution in [0.4, 0.5) is 0 Å². The molecule has 1 rings (SSSR count). The Balaban J connectivity index is 2.42. The molecule has 1 aliphatic rings. The van der Waals surface area contributed by atoms with Crippen molar-refractivity contribution in [1.82, 2.24) is 0 Å². The molecule has 3 heteroatoms. The Morgan fingerprint density at radius 3 is 2.82 bits per heavy atom. The molecule has 0 saturated heterocycles. The third-order valence-electron chi connectivity index (χ3n) is 3.54. The van der Waals surface area contributed by atoms with Gasteiger partial charge in [0.2, 0.25) is 0 Å². The highest BCUT2D eigenvalue weighted by Gasteiger charge is 2.32. The highest BCUT2D eigenvalue weighted by atomic mass is 16.5. The molecule has 1 aliphatic carbocycles.